The maximum Gasteiger partial charge on any atom is 0.184 e. The van der Waals surface area contributed by atoms with Gasteiger partial charge in [0.2, 0.25) is 0 Å². The molecule has 0 saturated carbocycles. The van der Waals surface area contributed by atoms with E-state index >= 15 is 0 Å². The van der Waals surface area contributed by atoms with Crippen LogP contribution in [0.4, 0.5) is 0 Å². The number of hydrogen-bond acceptors (Lipinski definition) is 2. The molecule has 0 N–H and O–H groups in total. The van der Waals surface area contributed by atoms with Gasteiger partial charge < -0.3 is 8.99 Å². The molecule has 0 spiro atoms. The van der Waals surface area contributed by atoms with Gasteiger partial charge in [0.25, 0.3) is 0 Å². The van der Waals surface area contributed by atoms with E-state index in [0.717, 1.165) is 0 Å². The summed E-state index contributed by atoms with van der Waals surface area (Å²) < 4.78 is 8.63. The molecule has 2 nitrogen and oxygen atoms in total. The van der Waals surface area contributed by atoms with Crippen molar-refractivity contribution in [2.45, 2.75) is 45.4 Å². The predicted molar refractivity (Wildman–Crippen MR) is 63.1 cm³/mol. The molecule has 1 heterocycles. The zero-order valence-electron chi connectivity index (χ0n) is 9.85. The minimum Gasteiger partial charge on any atom is -0.412 e. The van der Waals surface area contributed by atoms with Crippen molar-refractivity contribution in [1.29, 1.82) is 0 Å². The van der Waals surface area contributed by atoms with E-state index in [4.69, 9.17) is 4.43 Å². The molecule has 0 aromatic rings. The number of hydrogen-bond donors (Lipinski definition) is 0. The fourth-order valence-electron chi connectivity index (χ4n) is 1.56. The van der Waals surface area contributed by atoms with E-state index in [1.54, 1.807) is 0 Å². The molecule has 1 aliphatic heterocycles. The molecule has 0 radical (unpaired) electrons. The lowest BCUT2D eigenvalue weighted by molar-refractivity contribution is 0.0637. The van der Waals surface area contributed by atoms with Gasteiger partial charge in [-0.3, -0.25) is 0 Å². The Labute approximate surface area is 84.5 Å². The third kappa shape index (κ3) is 3.54. The number of nitrogens with zero attached hydrogens (tertiary/aromatic N) is 1. The average Bonchev–Trinajstić information content (AvgIpc) is 1.71. The first-order valence-electron chi connectivity index (χ1n) is 5.11. The summed E-state index contributed by atoms with van der Waals surface area (Å²) in [6, 6.07) is 0. The molecular weight excluding hydrogens is 194 g/mol. The highest BCUT2D eigenvalue weighted by atomic mass is 28.4. The molecule has 0 bridgehead atoms. The molecule has 0 amide bonds. The Morgan fingerprint density at radius 3 is 1.77 bits per heavy atom. The van der Waals surface area contributed by atoms with Crippen LogP contribution in [0.1, 0.15) is 0 Å². The van der Waals surface area contributed by atoms with Crippen molar-refractivity contribution in [2.24, 2.45) is 0 Å². The molecular formula is C9H23NOSi2. The second kappa shape index (κ2) is 3.49. The molecule has 1 fully saturated rings. The van der Waals surface area contributed by atoms with Crippen LogP contribution in [0.3, 0.4) is 0 Å². The second-order valence-electron chi connectivity index (χ2n) is 5.93. The first-order chi connectivity index (χ1) is 5.68. The van der Waals surface area contributed by atoms with Gasteiger partial charge in [-0.05, 0) is 19.6 Å². The Balaban J connectivity index is 2.27. The Hall–Kier alpha value is 0.354. The monoisotopic (exact) mass is 217 g/mol. The fourth-order valence-corrected chi connectivity index (χ4v) is 4.21. The predicted octanol–water partition coefficient (Wildman–Crippen LogP) is 2.36. The van der Waals surface area contributed by atoms with Gasteiger partial charge in [-0.25, -0.2) is 0 Å². The SMILES string of the molecule is C[Si](C)(C)OC1CN([Si](C)(C)C)C1. The quantitative estimate of drug-likeness (QED) is 0.673. The van der Waals surface area contributed by atoms with Crippen LogP contribution in [-0.2, 0) is 4.43 Å². The summed E-state index contributed by atoms with van der Waals surface area (Å²) in [5.41, 5.74) is 0. The largest absolute Gasteiger partial charge is 0.412 e. The third-order valence-electron chi connectivity index (χ3n) is 2.32. The first-order valence-corrected chi connectivity index (χ1v) is 12.0. The van der Waals surface area contributed by atoms with Crippen molar-refractivity contribution in [3.63, 3.8) is 0 Å². The standard InChI is InChI=1S/C9H23NOSi2/c1-12(2,3)10-7-9(8-10)11-13(4,5)6/h9H,7-8H2,1-6H3. The van der Waals surface area contributed by atoms with Crippen molar-refractivity contribution in [3.05, 3.63) is 0 Å². The summed E-state index contributed by atoms with van der Waals surface area (Å²) in [4.78, 5) is 0. The van der Waals surface area contributed by atoms with Crippen molar-refractivity contribution in [2.75, 3.05) is 13.1 Å². The van der Waals surface area contributed by atoms with Gasteiger partial charge in [-0.2, -0.15) is 0 Å². The zero-order chi connectivity index (χ0) is 10.3. The number of rotatable bonds is 3. The minimum absolute atomic E-state index is 0.540. The maximum atomic E-state index is 6.02. The van der Waals surface area contributed by atoms with Crippen molar-refractivity contribution >= 4 is 16.6 Å². The van der Waals surface area contributed by atoms with Crippen LogP contribution in [-0.4, -0.2) is 40.3 Å². The van der Waals surface area contributed by atoms with E-state index in [-0.39, 0.29) is 0 Å². The summed E-state index contributed by atoms with van der Waals surface area (Å²) in [5, 5.41) is 0. The molecule has 0 aromatic heterocycles. The van der Waals surface area contributed by atoms with E-state index in [9.17, 15) is 0 Å². The average molecular weight is 217 g/mol. The zero-order valence-corrected chi connectivity index (χ0v) is 11.8. The Morgan fingerprint density at radius 2 is 1.46 bits per heavy atom. The lowest BCUT2D eigenvalue weighted by atomic mass is 10.2. The topological polar surface area (TPSA) is 12.5 Å². The van der Waals surface area contributed by atoms with Crippen LogP contribution >= 0.6 is 0 Å². The van der Waals surface area contributed by atoms with E-state index < -0.39 is 16.6 Å². The van der Waals surface area contributed by atoms with Crippen molar-refractivity contribution < 1.29 is 4.43 Å². The van der Waals surface area contributed by atoms with Gasteiger partial charge in [-0.15, -0.1) is 0 Å². The summed E-state index contributed by atoms with van der Waals surface area (Å²) >= 11 is 0. The molecule has 0 atom stereocenters. The van der Waals surface area contributed by atoms with Gasteiger partial charge in [-0.1, -0.05) is 19.6 Å². The lowest BCUT2D eigenvalue weighted by Crippen LogP contribution is -2.63. The molecule has 0 unspecified atom stereocenters. The molecule has 1 rings (SSSR count). The van der Waals surface area contributed by atoms with Crippen LogP contribution in [0.25, 0.3) is 0 Å². The Morgan fingerprint density at radius 1 is 1.00 bits per heavy atom. The lowest BCUT2D eigenvalue weighted by Gasteiger charge is -2.48. The van der Waals surface area contributed by atoms with Crippen LogP contribution < -0.4 is 0 Å². The van der Waals surface area contributed by atoms with Crippen LogP contribution in [0.15, 0.2) is 0 Å². The van der Waals surface area contributed by atoms with Gasteiger partial charge in [0.1, 0.15) is 8.24 Å². The molecule has 13 heavy (non-hydrogen) atoms. The highest BCUT2D eigenvalue weighted by molar-refractivity contribution is 6.73. The van der Waals surface area contributed by atoms with E-state index in [2.05, 4.69) is 43.8 Å². The molecule has 4 heteroatoms. The highest BCUT2D eigenvalue weighted by Crippen LogP contribution is 2.22. The van der Waals surface area contributed by atoms with Gasteiger partial charge in [0.15, 0.2) is 8.32 Å². The van der Waals surface area contributed by atoms with Crippen molar-refractivity contribution in [1.82, 2.24) is 4.57 Å². The van der Waals surface area contributed by atoms with Gasteiger partial charge >= 0.3 is 0 Å². The maximum absolute atomic E-state index is 6.02. The van der Waals surface area contributed by atoms with E-state index in [1.807, 2.05) is 0 Å². The first kappa shape index (κ1) is 11.4. The third-order valence-corrected chi connectivity index (χ3v) is 5.62. The second-order valence-corrected chi connectivity index (χ2v) is 15.4. The minimum atomic E-state index is -1.29. The molecule has 1 aliphatic rings. The van der Waals surface area contributed by atoms with Crippen LogP contribution in [0.5, 0.6) is 0 Å². The molecule has 78 valence electrons. The smallest absolute Gasteiger partial charge is 0.184 e. The van der Waals surface area contributed by atoms with Gasteiger partial charge in [0, 0.05) is 13.1 Å². The highest BCUT2D eigenvalue weighted by Gasteiger charge is 2.37. The summed E-state index contributed by atoms with van der Waals surface area (Å²) in [5.74, 6) is 0. The molecule has 0 aromatic carbocycles. The molecule has 1 saturated heterocycles. The normalized spacial score (nSPS) is 21.7. The summed E-state index contributed by atoms with van der Waals surface area (Å²) in [6.07, 6.45) is 0.540. The summed E-state index contributed by atoms with van der Waals surface area (Å²) in [7, 11) is -2.31. The van der Waals surface area contributed by atoms with Crippen LogP contribution in [0, 0.1) is 0 Å². The van der Waals surface area contributed by atoms with Crippen molar-refractivity contribution in [3.8, 4) is 0 Å². The Bertz CT molecular complexity index is 177. The van der Waals surface area contributed by atoms with Crippen LogP contribution in [0.2, 0.25) is 39.3 Å². The summed E-state index contributed by atoms with van der Waals surface area (Å²) in [6.45, 7) is 16.4. The Kier molecular flexibility index (Phi) is 3.07. The van der Waals surface area contributed by atoms with E-state index in [1.165, 1.54) is 13.1 Å². The van der Waals surface area contributed by atoms with Gasteiger partial charge in [0.05, 0.1) is 6.10 Å². The fraction of sp³-hybridized carbons (Fsp3) is 1.00. The molecule has 0 aliphatic carbocycles. The van der Waals surface area contributed by atoms with E-state index in [0.29, 0.717) is 6.10 Å².